The van der Waals surface area contributed by atoms with Gasteiger partial charge in [-0.15, -0.1) is 0 Å². The molecule has 2 fully saturated rings. The van der Waals surface area contributed by atoms with Crippen molar-refractivity contribution >= 4 is 45.6 Å². The van der Waals surface area contributed by atoms with Crippen LogP contribution in [0.25, 0.3) is 10.8 Å². The molecular weight excluding hydrogens is 563 g/mol. The molecule has 0 saturated carbocycles. The highest BCUT2D eigenvalue weighted by Gasteiger charge is 2.40. The molecule has 2 saturated heterocycles. The fourth-order valence-electron chi connectivity index (χ4n) is 6.42. The number of halogens is 2. The summed E-state index contributed by atoms with van der Waals surface area (Å²) in [4.78, 5) is 32.3. The molecule has 2 amide bonds. The minimum absolute atomic E-state index is 0.246. The van der Waals surface area contributed by atoms with E-state index in [0.29, 0.717) is 82.0 Å². The normalized spacial score (nSPS) is 20.0. The quantitative estimate of drug-likeness (QED) is 0.284. The number of rotatable bonds is 6. The van der Waals surface area contributed by atoms with Crippen molar-refractivity contribution < 1.29 is 16.7 Å². The number of allylic oxidation sites excluding steroid dienone is 1. The molecule has 43 heavy (non-hydrogen) atoms. The fraction of sp³-hybridized carbons (Fsp3) is 0.257. The predicted molar refractivity (Wildman–Crippen MR) is 169 cm³/mol. The second kappa shape index (κ2) is 11.1. The molecule has 3 heterocycles. The van der Waals surface area contributed by atoms with E-state index in [-0.39, 0.29) is 17.6 Å². The number of piperazine rings is 1. The first-order valence-corrected chi connectivity index (χ1v) is 14.9. The van der Waals surface area contributed by atoms with Crippen LogP contribution in [0.5, 0.6) is 0 Å². The summed E-state index contributed by atoms with van der Waals surface area (Å²) in [5.74, 6) is -0.810. The van der Waals surface area contributed by atoms with Gasteiger partial charge < -0.3 is 10.2 Å². The lowest BCUT2D eigenvalue weighted by Gasteiger charge is -2.36. The molecule has 0 aromatic heterocycles. The van der Waals surface area contributed by atoms with E-state index >= 15 is 0 Å². The van der Waals surface area contributed by atoms with Gasteiger partial charge in [-0.25, -0.2) is 4.39 Å². The molecule has 3 aliphatic heterocycles. The lowest BCUT2D eigenvalue weighted by atomic mass is 9.95. The van der Waals surface area contributed by atoms with E-state index in [9.17, 15) is 16.7 Å². The Morgan fingerprint density at radius 2 is 1.70 bits per heavy atom. The number of amides is 2. The number of carbonyl (C=O) groups is 2. The third-order valence-corrected chi connectivity index (χ3v) is 8.86. The highest BCUT2D eigenvalue weighted by atomic mass is 35.5. The van der Waals surface area contributed by atoms with Crippen LogP contribution in [-0.4, -0.2) is 48.9 Å². The highest BCUT2D eigenvalue weighted by molar-refractivity contribution is 6.30. The van der Waals surface area contributed by atoms with E-state index in [4.69, 9.17) is 11.6 Å². The monoisotopic (exact) mass is 596 g/mol. The smallest absolute Gasteiger partial charge is 0.259 e. The van der Waals surface area contributed by atoms with Gasteiger partial charge in [0.25, 0.3) is 5.91 Å². The second-order valence-corrected chi connectivity index (χ2v) is 11.8. The summed E-state index contributed by atoms with van der Waals surface area (Å²) < 4.78 is 32.8. The SMILES string of the molecule is [2H]C([2H])(c1ccc(CN2CCN(c3ccc(Cl)cc3F)CC2)cc1)c1ccc2c3c(cccc13)C(=O)N2C1CCC(=C)NC1=O. The Labute approximate surface area is 258 Å². The summed E-state index contributed by atoms with van der Waals surface area (Å²) in [6.45, 7) is 7.51. The maximum atomic E-state index is 14.4. The van der Waals surface area contributed by atoms with E-state index in [1.165, 1.54) is 6.07 Å². The van der Waals surface area contributed by atoms with Crippen molar-refractivity contribution in [2.24, 2.45) is 0 Å². The van der Waals surface area contributed by atoms with Gasteiger partial charge in [-0.2, -0.15) is 0 Å². The van der Waals surface area contributed by atoms with E-state index in [1.807, 2.05) is 35.2 Å². The van der Waals surface area contributed by atoms with Crippen molar-refractivity contribution in [3.05, 3.63) is 118 Å². The van der Waals surface area contributed by atoms with Crippen molar-refractivity contribution in [1.82, 2.24) is 10.2 Å². The zero-order valence-corrected chi connectivity index (χ0v) is 24.3. The zero-order valence-electron chi connectivity index (χ0n) is 25.6. The molecule has 4 aromatic carbocycles. The molecule has 0 aliphatic carbocycles. The lowest BCUT2D eigenvalue weighted by molar-refractivity contribution is -0.122. The minimum Gasteiger partial charge on any atom is -0.367 e. The first kappa shape index (κ1) is 25.3. The van der Waals surface area contributed by atoms with Crippen LogP contribution in [0.1, 0.15) is 42.6 Å². The number of benzene rings is 4. The van der Waals surface area contributed by atoms with Crippen molar-refractivity contribution in [3.63, 3.8) is 0 Å². The van der Waals surface area contributed by atoms with Gasteiger partial charge in [0.05, 0.1) is 11.4 Å². The van der Waals surface area contributed by atoms with Gasteiger partial charge in [0.15, 0.2) is 0 Å². The second-order valence-electron chi connectivity index (χ2n) is 11.4. The van der Waals surface area contributed by atoms with Crippen molar-refractivity contribution in [1.29, 1.82) is 0 Å². The number of carbonyl (C=O) groups excluding carboxylic acids is 2. The van der Waals surface area contributed by atoms with Crippen molar-refractivity contribution in [2.45, 2.75) is 31.8 Å². The van der Waals surface area contributed by atoms with Crippen LogP contribution in [0, 0.1) is 5.82 Å². The summed E-state index contributed by atoms with van der Waals surface area (Å²) in [5.41, 5.74) is 4.37. The molecule has 1 unspecified atom stereocenters. The van der Waals surface area contributed by atoms with E-state index in [0.717, 1.165) is 18.7 Å². The first-order chi connectivity index (χ1) is 21.6. The van der Waals surface area contributed by atoms with Crippen LogP contribution < -0.4 is 15.1 Å². The van der Waals surface area contributed by atoms with Gasteiger partial charge in [-0.1, -0.05) is 60.6 Å². The van der Waals surface area contributed by atoms with Crippen LogP contribution in [0.2, 0.25) is 5.02 Å². The lowest BCUT2D eigenvalue weighted by Crippen LogP contribution is -2.51. The summed E-state index contributed by atoms with van der Waals surface area (Å²) in [6, 6.07) is 20.6. The Bertz CT molecular complexity index is 1860. The fourth-order valence-corrected chi connectivity index (χ4v) is 6.58. The third kappa shape index (κ3) is 5.17. The van der Waals surface area contributed by atoms with E-state index < -0.39 is 12.4 Å². The Balaban J connectivity index is 1.09. The first-order valence-electron chi connectivity index (χ1n) is 15.5. The molecule has 0 bridgehead atoms. The van der Waals surface area contributed by atoms with Crippen LogP contribution in [-0.2, 0) is 17.7 Å². The van der Waals surface area contributed by atoms with Crippen LogP contribution in [0.4, 0.5) is 15.8 Å². The number of hydrogen-bond donors (Lipinski definition) is 1. The highest BCUT2D eigenvalue weighted by Crippen LogP contribution is 2.41. The molecule has 218 valence electrons. The molecular formula is C35H32ClFN4O2. The number of nitrogens with zero attached hydrogens (tertiary/aromatic N) is 3. The largest absolute Gasteiger partial charge is 0.367 e. The topological polar surface area (TPSA) is 55.9 Å². The average Bonchev–Trinajstić information content (AvgIpc) is 3.30. The van der Waals surface area contributed by atoms with Gasteiger partial charge in [-0.3, -0.25) is 19.4 Å². The third-order valence-electron chi connectivity index (χ3n) is 8.62. The molecule has 6 nitrogen and oxygen atoms in total. The number of piperidine rings is 1. The summed E-state index contributed by atoms with van der Waals surface area (Å²) in [5, 5.41) is 4.49. The average molecular weight is 597 g/mol. The Morgan fingerprint density at radius 1 is 0.953 bits per heavy atom. The predicted octanol–water partition coefficient (Wildman–Crippen LogP) is 6.30. The number of anilines is 2. The number of hydrogen-bond acceptors (Lipinski definition) is 4. The molecule has 4 aromatic rings. The minimum atomic E-state index is -1.83. The Morgan fingerprint density at radius 3 is 2.44 bits per heavy atom. The molecule has 0 spiro atoms. The summed E-state index contributed by atoms with van der Waals surface area (Å²) >= 11 is 5.91. The molecule has 1 atom stereocenters. The van der Waals surface area contributed by atoms with Crippen LogP contribution in [0.3, 0.4) is 0 Å². The van der Waals surface area contributed by atoms with E-state index in [1.54, 1.807) is 41.3 Å². The molecule has 7 rings (SSSR count). The maximum Gasteiger partial charge on any atom is 0.259 e. The van der Waals surface area contributed by atoms with Gasteiger partial charge in [-0.05, 0) is 71.6 Å². The molecule has 1 N–H and O–H groups in total. The Hall–Kier alpha value is -4.20. The standard InChI is InChI=1S/C35H32ClFN4O2/c1-22-5-12-32(34(42)38-22)41-31-13-10-25(27-3-2-4-28(33(27)31)35(41)43)19-23-6-8-24(9-7-23)21-39-15-17-40(18-16-39)30-14-11-26(36)20-29(30)37/h2-4,6-11,13-14,20,32H,1,5,12,15-19,21H2,(H,38,42)/i19D2. The zero-order chi connectivity index (χ0) is 31.5. The summed E-state index contributed by atoms with van der Waals surface area (Å²) in [7, 11) is 0. The van der Waals surface area contributed by atoms with Crippen molar-refractivity contribution in [2.75, 3.05) is 36.0 Å². The Kier molecular flexibility index (Phi) is 6.56. The maximum absolute atomic E-state index is 14.4. The van der Waals surface area contributed by atoms with E-state index in [2.05, 4.69) is 16.8 Å². The van der Waals surface area contributed by atoms with Gasteiger partial charge >= 0.3 is 0 Å². The number of nitrogens with one attached hydrogen (secondary N) is 1. The molecule has 8 heteroatoms. The van der Waals surface area contributed by atoms with Crippen LogP contribution >= 0.6 is 11.6 Å². The van der Waals surface area contributed by atoms with Crippen molar-refractivity contribution in [3.8, 4) is 0 Å². The van der Waals surface area contributed by atoms with Gasteiger partial charge in [0.2, 0.25) is 5.91 Å². The van der Waals surface area contributed by atoms with Gasteiger partial charge in [0, 0.05) is 57.1 Å². The molecule has 3 aliphatic rings. The molecule has 0 radical (unpaired) electrons. The summed E-state index contributed by atoms with van der Waals surface area (Å²) in [6.07, 6.45) is -0.756. The van der Waals surface area contributed by atoms with Crippen LogP contribution in [0.15, 0.2) is 85.1 Å². The van der Waals surface area contributed by atoms with Gasteiger partial charge in [0.1, 0.15) is 11.9 Å².